The van der Waals surface area contributed by atoms with Crippen molar-refractivity contribution in [3.8, 4) is 11.5 Å². The summed E-state index contributed by atoms with van der Waals surface area (Å²) in [4.78, 5) is 22.7. The second kappa shape index (κ2) is 11.6. The average Bonchev–Trinajstić information content (AvgIpc) is 2.90. The SMILES string of the molecule is O=C(Nc1ccc([N+](=O)[O-])cc1C(F)(F)F)c1cc(Cl)ccc1NS(=O)(=O)c1ccc(Oc2ccccc2Cl)cc1. The minimum Gasteiger partial charge on any atom is -0.456 e. The first-order valence-electron chi connectivity index (χ1n) is 11.3. The van der Waals surface area contributed by atoms with Gasteiger partial charge in [-0.3, -0.25) is 19.6 Å². The minimum atomic E-state index is -5.05. The van der Waals surface area contributed by atoms with Crippen LogP contribution in [0.2, 0.25) is 10.0 Å². The standard InChI is InChI=1S/C26H16Cl2F3N3O6S/c27-15-5-11-22(19(13-15)25(35)32-23-12-6-16(34(36)37)14-20(23)26(29,30)31)33-41(38,39)18-9-7-17(8-10-18)40-24-4-2-1-3-21(24)28/h1-14,33H,(H,32,35). The number of carbonyl (C=O) groups is 1. The second-order valence-corrected chi connectivity index (χ2v) is 10.8. The average molecular weight is 626 g/mol. The van der Waals surface area contributed by atoms with Gasteiger partial charge in [-0.05, 0) is 60.7 Å². The number of halogens is 5. The van der Waals surface area contributed by atoms with Gasteiger partial charge in [-0.25, -0.2) is 8.42 Å². The Hall–Kier alpha value is -4.33. The summed E-state index contributed by atoms with van der Waals surface area (Å²) in [6, 6.07) is 17.1. The Bertz CT molecular complexity index is 1750. The number of non-ortho nitro benzene ring substituents is 1. The monoisotopic (exact) mass is 625 g/mol. The normalized spacial score (nSPS) is 11.5. The smallest absolute Gasteiger partial charge is 0.418 e. The van der Waals surface area contributed by atoms with Gasteiger partial charge in [0.25, 0.3) is 21.6 Å². The van der Waals surface area contributed by atoms with Crippen molar-refractivity contribution in [2.45, 2.75) is 11.1 Å². The van der Waals surface area contributed by atoms with Gasteiger partial charge in [0.15, 0.2) is 0 Å². The zero-order chi connectivity index (χ0) is 29.9. The van der Waals surface area contributed by atoms with E-state index in [-0.39, 0.29) is 27.4 Å². The Kier molecular flexibility index (Phi) is 8.42. The number of benzene rings is 4. The molecule has 15 heteroatoms. The molecule has 212 valence electrons. The van der Waals surface area contributed by atoms with Crippen molar-refractivity contribution < 1.29 is 36.0 Å². The van der Waals surface area contributed by atoms with Crippen molar-refractivity contribution in [1.29, 1.82) is 0 Å². The van der Waals surface area contributed by atoms with Crippen LogP contribution in [-0.2, 0) is 16.2 Å². The van der Waals surface area contributed by atoms with Crippen LogP contribution in [0.25, 0.3) is 0 Å². The summed E-state index contributed by atoms with van der Waals surface area (Å²) in [5.41, 5.74) is -3.79. The van der Waals surface area contributed by atoms with E-state index in [0.29, 0.717) is 10.8 Å². The van der Waals surface area contributed by atoms with Crippen LogP contribution in [0, 0.1) is 10.1 Å². The van der Waals surface area contributed by atoms with E-state index in [9.17, 15) is 36.5 Å². The number of ether oxygens (including phenoxy) is 1. The van der Waals surface area contributed by atoms with Gasteiger partial charge in [0.1, 0.15) is 11.5 Å². The van der Waals surface area contributed by atoms with Crippen LogP contribution in [0.1, 0.15) is 15.9 Å². The second-order valence-electron chi connectivity index (χ2n) is 8.24. The summed E-state index contributed by atoms with van der Waals surface area (Å²) in [5.74, 6) is -0.526. The minimum absolute atomic E-state index is 0.0149. The molecule has 9 nitrogen and oxygen atoms in total. The fourth-order valence-corrected chi connectivity index (χ4v) is 4.94. The molecule has 0 spiro atoms. The molecule has 4 rings (SSSR count). The van der Waals surface area contributed by atoms with Gasteiger partial charge in [-0.2, -0.15) is 13.2 Å². The molecule has 0 saturated carbocycles. The van der Waals surface area contributed by atoms with Gasteiger partial charge in [0.05, 0.1) is 37.3 Å². The zero-order valence-electron chi connectivity index (χ0n) is 20.3. The van der Waals surface area contributed by atoms with Crippen LogP contribution in [0.4, 0.5) is 30.2 Å². The highest BCUT2D eigenvalue weighted by molar-refractivity contribution is 7.92. The highest BCUT2D eigenvalue weighted by Gasteiger charge is 2.36. The maximum Gasteiger partial charge on any atom is 0.418 e. The predicted molar refractivity (Wildman–Crippen MR) is 146 cm³/mol. The number of alkyl halides is 3. The van der Waals surface area contributed by atoms with Gasteiger partial charge in [-0.1, -0.05) is 35.3 Å². The Morgan fingerprint density at radius 1 is 0.902 bits per heavy atom. The van der Waals surface area contributed by atoms with Crippen molar-refractivity contribution in [3.63, 3.8) is 0 Å². The number of sulfonamides is 1. The number of hydrogen-bond donors (Lipinski definition) is 2. The van der Waals surface area contributed by atoms with E-state index in [0.717, 1.165) is 24.3 Å². The number of nitro groups is 1. The lowest BCUT2D eigenvalue weighted by Gasteiger charge is -2.16. The maximum atomic E-state index is 13.6. The molecule has 0 aliphatic rings. The highest BCUT2D eigenvalue weighted by Crippen LogP contribution is 2.38. The van der Waals surface area contributed by atoms with E-state index in [1.807, 2.05) is 5.32 Å². The van der Waals surface area contributed by atoms with Crippen LogP contribution in [-0.4, -0.2) is 19.2 Å². The van der Waals surface area contributed by atoms with Gasteiger partial charge >= 0.3 is 6.18 Å². The van der Waals surface area contributed by atoms with Crippen LogP contribution < -0.4 is 14.8 Å². The van der Waals surface area contributed by atoms with E-state index < -0.39 is 49.5 Å². The van der Waals surface area contributed by atoms with Crippen LogP contribution in [0.3, 0.4) is 0 Å². The van der Waals surface area contributed by atoms with E-state index in [1.54, 1.807) is 24.3 Å². The number of nitro benzene ring substituents is 1. The predicted octanol–water partition coefficient (Wildman–Crippen LogP) is 7.77. The third-order valence-electron chi connectivity index (χ3n) is 5.44. The summed E-state index contributed by atoms with van der Waals surface area (Å²) >= 11 is 12.0. The Morgan fingerprint density at radius 2 is 1.56 bits per heavy atom. The fraction of sp³-hybridized carbons (Fsp3) is 0.0385. The molecule has 4 aromatic rings. The number of hydrogen-bond acceptors (Lipinski definition) is 6. The number of para-hydroxylation sites is 1. The highest BCUT2D eigenvalue weighted by atomic mass is 35.5. The molecular formula is C26H16Cl2F3N3O6S. The Labute approximate surface area is 240 Å². The van der Waals surface area contributed by atoms with Crippen LogP contribution >= 0.6 is 23.2 Å². The number of anilines is 2. The quantitative estimate of drug-likeness (QED) is 0.152. The van der Waals surface area contributed by atoms with E-state index in [4.69, 9.17) is 27.9 Å². The zero-order valence-corrected chi connectivity index (χ0v) is 22.6. The number of rotatable bonds is 8. The molecule has 1 amide bonds. The molecule has 0 aliphatic heterocycles. The maximum absolute atomic E-state index is 13.6. The third-order valence-corrected chi connectivity index (χ3v) is 7.37. The number of carbonyl (C=O) groups excluding carboxylic acids is 1. The summed E-state index contributed by atoms with van der Waals surface area (Å²) in [5, 5.41) is 13.3. The third kappa shape index (κ3) is 7.06. The Balaban J connectivity index is 1.60. The van der Waals surface area contributed by atoms with E-state index in [1.165, 1.54) is 30.3 Å². The molecule has 0 fully saturated rings. The first-order valence-corrected chi connectivity index (χ1v) is 13.5. The molecule has 0 bridgehead atoms. The summed E-state index contributed by atoms with van der Waals surface area (Å²) in [6.07, 6.45) is -5.05. The van der Waals surface area contributed by atoms with Gasteiger partial charge in [0.2, 0.25) is 0 Å². The number of amides is 1. The van der Waals surface area contributed by atoms with Crippen molar-refractivity contribution in [3.05, 3.63) is 116 Å². The topological polar surface area (TPSA) is 128 Å². The van der Waals surface area contributed by atoms with E-state index >= 15 is 0 Å². The summed E-state index contributed by atoms with van der Waals surface area (Å²) in [7, 11) is -4.31. The van der Waals surface area contributed by atoms with Crippen LogP contribution in [0.5, 0.6) is 11.5 Å². The van der Waals surface area contributed by atoms with Crippen molar-refractivity contribution in [2.75, 3.05) is 10.0 Å². The lowest BCUT2D eigenvalue weighted by atomic mass is 10.1. The molecule has 4 aromatic carbocycles. The summed E-state index contributed by atoms with van der Waals surface area (Å²) < 4.78 is 74.7. The molecule has 0 aromatic heterocycles. The lowest BCUT2D eigenvalue weighted by Crippen LogP contribution is -2.20. The number of nitrogens with zero attached hydrogens (tertiary/aromatic N) is 1. The number of nitrogens with one attached hydrogen (secondary N) is 2. The van der Waals surface area contributed by atoms with Crippen LogP contribution in [0.15, 0.2) is 89.8 Å². The molecule has 0 aliphatic carbocycles. The molecule has 0 atom stereocenters. The molecule has 0 heterocycles. The molecule has 0 radical (unpaired) electrons. The molecule has 41 heavy (non-hydrogen) atoms. The summed E-state index contributed by atoms with van der Waals surface area (Å²) in [6.45, 7) is 0. The van der Waals surface area contributed by atoms with Gasteiger partial charge in [-0.15, -0.1) is 0 Å². The van der Waals surface area contributed by atoms with Gasteiger partial charge in [0, 0.05) is 17.2 Å². The molecule has 0 unspecified atom stereocenters. The lowest BCUT2D eigenvalue weighted by molar-refractivity contribution is -0.385. The molecule has 0 saturated heterocycles. The Morgan fingerprint density at radius 3 is 2.20 bits per heavy atom. The van der Waals surface area contributed by atoms with E-state index in [2.05, 4.69) is 4.72 Å². The fourth-order valence-electron chi connectivity index (χ4n) is 3.52. The van der Waals surface area contributed by atoms with Crippen molar-refractivity contribution in [2.24, 2.45) is 0 Å². The first-order chi connectivity index (χ1) is 19.2. The van der Waals surface area contributed by atoms with Gasteiger partial charge < -0.3 is 10.1 Å². The largest absolute Gasteiger partial charge is 0.456 e. The molecular weight excluding hydrogens is 610 g/mol. The van der Waals surface area contributed by atoms with Crippen molar-refractivity contribution in [1.82, 2.24) is 0 Å². The van der Waals surface area contributed by atoms with Crippen molar-refractivity contribution >= 4 is 56.2 Å². The first kappa shape index (κ1) is 29.6. The molecule has 2 N–H and O–H groups in total.